The lowest BCUT2D eigenvalue weighted by Gasteiger charge is -2.33. The highest BCUT2D eigenvalue weighted by Gasteiger charge is 2.22. The zero-order valence-electron chi connectivity index (χ0n) is 32.9. The Balaban J connectivity index is 3.75. The molecule has 0 bridgehead atoms. The molecular weight excluding hydrogens is 610 g/mol. The Kier molecular flexibility index (Phi) is 36.3. The van der Waals surface area contributed by atoms with E-state index in [1.807, 2.05) is 7.05 Å². The summed E-state index contributed by atoms with van der Waals surface area (Å²) in [6, 6.07) is 0. The van der Waals surface area contributed by atoms with Gasteiger partial charge in [0, 0.05) is 12.8 Å². The number of hydrogen-bond acceptors (Lipinski definition) is 5. The number of allylic oxidation sites excluding steroid dienone is 4. The molecule has 6 nitrogen and oxygen atoms in total. The maximum atomic E-state index is 12.2. The molecule has 49 heavy (non-hydrogen) atoms. The zero-order chi connectivity index (χ0) is 35.9. The smallest absolute Gasteiger partial charge is 0.305 e. The lowest BCUT2D eigenvalue weighted by molar-refractivity contribution is -0.910. The van der Waals surface area contributed by atoms with Crippen LogP contribution in [0.1, 0.15) is 194 Å². The standard InChI is InChI=1S/C43H82NO5/c1-4-6-8-10-12-14-16-18-20-22-24-26-28-30-32-34-42(46)48-40-37-44(3,36-39-45)38-41-49-43(47)35-33-31-29-27-25-23-21-19-17-15-13-11-9-7-5-2/h18-21,45H,4-17,22-41H2,1-3H3/q+1/b20-18+,21-19+. The first kappa shape index (κ1) is 47.3. The van der Waals surface area contributed by atoms with Gasteiger partial charge in [-0.25, -0.2) is 0 Å². The molecule has 0 amide bonds. The summed E-state index contributed by atoms with van der Waals surface area (Å²) in [4.78, 5) is 24.5. The second kappa shape index (κ2) is 37.6. The summed E-state index contributed by atoms with van der Waals surface area (Å²) >= 11 is 0. The first-order valence-electron chi connectivity index (χ1n) is 21.0. The number of quaternary nitrogens is 1. The van der Waals surface area contributed by atoms with Crippen molar-refractivity contribution in [2.24, 2.45) is 0 Å². The van der Waals surface area contributed by atoms with Crippen LogP contribution in [0, 0.1) is 0 Å². The summed E-state index contributed by atoms with van der Waals surface area (Å²) in [7, 11) is 2.02. The molecule has 1 N–H and O–H groups in total. The highest BCUT2D eigenvalue weighted by molar-refractivity contribution is 5.69. The fourth-order valence-corrected chi connectivity index (χ4v) is 6.16. The van der Waals surface area contributed by atoms with Crippen molar-refractivity contribution in [3.8, 4) is 0 Å². The van der Waals surface area contributed by atoms with Crippen molar-refractivity contribution in [1.29, 1.82) is 0 Å². The van der Waals surface area contributed by atoms with Gasteiger partial charge in [0.1, 0.15) is 32.8 Å². The number of unbranched alkanes of at least 4 members (excludes halogenated alkanes) is 22. The van der Waals surface area contributed by atoms with Gasteiger partial charge in [0.2, 0.25) is 0 Å². The van der Waals surface area contributed by atoms with Gasteiger partial charge < -0.3 is 19.1 Å². The van der Waals surface area contributed by atoms with Gasteiger partial charge >= 0.3 is 11.9 Å². The van der Waals surface area contributed by atoms with E-state index in [1.54, 1.807) is 0 Å². The van der Waals surface area contributed by atoms with Crippen molar-refractivity contribution in [3.63, 3.8) is 0 Å². The van der Waals surface area contributed by atoms with Crippen LogP contribution in [0.3, 0.4) is 0 Å². The van der Waals surface area contributed by atoms with Crippen molar-refractivity contribution in [1.82, 2.24) is 0 Å². The molecule has 0 atom stereocenters. The number of likely N-dealkylation sites (N-methyl/N-ethyl adjacent to an activating group) is 1. The Morgan fingerprint density at radius 1 is 0.469 bits per heavy atom. The number of aliphatic hydroxyl groups excluding tert-OH is 1. The van der Waals surface area contributed by atoms with Crippen molar-refractivity contribution in [3.05, 3.63) is 24.3 Å². The minimum Gasteiger partial charge on any atom is -0.460 e. The van der Waals surface area contributed by atoms with Gasteiger partial charge in [-0.05, 0) is 64.2 Å². The summed E-state index contributed by atoms with van der Waals surface area (Å²) in [5.41, 5.74) is 0. The third-order valence-corrected chi connectivity index (χ3v) is 9.71. The van der Waals surface area contributed by atoms with Gasteiger partial charge in [0.15, 0.2) is 0 Å². The third kappa shape index (κ3) is 36.0. The topological polar surface area (TPSA) is 72.8 Å². The number of aliphatic hydroxyl groups is 1. The lowest BCUT2D eigenvalue weighted by atomic mass is 10.1. The van der Waals surface area contributed by atoms with E-state index in [-0.39, 0.29) is 18.5 Å². The van der Waals surface area contributed by atoms with Crippen LogP contribution in [0.25, 0.3) is 0 Å². The largest absolute Gasteiger partial charge is 0.460 e. The monoisotopic (exact) mass is 693 g/mol. The molecule has 0 saturated carbocycles. The molecular formula is C43H82NO5+. The molecule has 0 aliphatic rings. The Labute approximate surface area is 304 Å². The van der Waals surface area contributed by atoms with Gasteiger partial charge in [-0.2, -0.15) is 0 Å². The number of nitrogens with zero attached hydrogens (tertiary/aromatic N) is 1. The maximum absolute atomic E-state index is 12.2. The van der Waals surface area contributed by atoms with Gasteiger partial charge in [-0.15, -0.1) is 0 Å². The summed E-state index contributed by atoms with van der Waals surface area (Å²) in [6.45, 7) is 6.96. The molecule has 0 aromatic heterocycles. The highest BCUT2D eigenvalue weighted by Crippen LogP contribution is 2.12. The Morgan fingerprint density at radius 3 is 1.10 bits per heavy atom. The molecule has 0 fully saturated rings. The number of rotatable bonds is 38. The Bertz CT molecular complexity index is 722. The average Bonchev–Trinajstić information content (AvgIpc) is 3.08. The van der Waals surface area contributed by atoms with E-state index in [0.29, 0.717) is 50.2 Å². The summed E-state index contributed by atoms with van der Waals surface area (Å²) in [6.07, 6.45) is 42.5. The fraction of sp³-hybridized carbons (Fsp3) is 0.860. The van der Waals surface area contributed by atoms with Crippen LogP contribution in [0.5, 0.6) is 0 Å². The molecule has 0 aliphatic heterocycles. The molecule has 0 heterocycles. The molecule has 0 spiro atoms. The minimum atomic E-state index is -0.139. The van der Waals surface area contributed by atoms with Crippen LogP contribution in [-0.2, 0) is 19.1 Å². The molecule has 0 aliphatic carbocycles. The molecule has 288 valence electrons. The van der Waals surface area contributed by atoms with Crippen molar-refractivity contribution in [2.75, 3.05) is 46.5 Å². The summed E-state index contributed by atoms with van der Waals surface area (Å²) in [5, 5.41) is 9.58. The van der Waals surface area contributed by atoms with E-state index in [9.17, 15) is 14.7 Å². The van der Waals surface area contributed by atoms with E-state index in [1.165, 1.54) is 141 Å². The highest BCUT2D eigenvalue weighted by atomic mass is 16.5. The van der Waals surface area contributed by atoms with Gasteiger partial charge in [0.25, 0.3) is 0 Å². The first-order valence-corrected chi connectivity index (χ1v) is 21.0. The van der Waals surface area contributed by atoms with Crippen LogP contribution < -0.4 is 0 Å². The van der Waals surface area contributed by atoms with Gasteiger partial charge in [0.05, 0.1) is 13.7 Å². The molecule has 0 rings (SSSR count). The number of ether oxygens (including phenoxy) is 2. The third-order valence-electron chi connectivity index (χ3n) is 9.71. The molecule has 0 unspecified atom stereocenters. The number of hydrogen-bond donors (Lipinski definition) is 1. The summed E-state index contributed by atoms with van der Waals surface area (Å²) in [5.74, 6) is -0.279. The predicted molar refractivity (Wildman–Crippen MR) is 209 cm³/mol. The first-order chi connectivity index (χ1) is 24.0. The van der Waals surface area contributed by atoms with E-state index in [2.05, 4.69) is 38.2 Å². The van der Waals surface area contributed by atoms with Crippen molar-refractivity contribution >= 4 is 11.9 Å². The second-order valence-corrected chi connectivity index (χ2v) is 14.6. The van der Waals surface area contributed by atoms with E-state index in [0.717, 1.165) is 25.7 Å². The van der Waals surface area contributed by atoms with Crippen LogP contribution in [-0.4, -0.2) is 68.0 Å². The normalized spacial score (nSPS) is 12.0. The van der Waals surface area contributed by atoms with Crippen LogP contribution in [0.2, 0.25) is 0 Å². The SMILES string of the molecule is CCCCCCCC/C=C/CCCCCCCC(=O)OCC[N+](C)(CCO)CCOC(=O)CCCCCCC/C=C/CCCCCCCC. The van der Waals surface area contributed by atoms with Crippen LogP contribution >= 0.6 is 0 Å². The molecule has 0 aromatic rings. The van der Waals surface area contributed by atoms with E-state index in [4.69, 9.17) is 9.47 Å². The molecule has 0 aromatic carbocycles. The number of esters is 2. The van der Waals surface area contributed by atoms with Crippen LogP contribution in [0.4, 0.5) is 0 Å². The predicted octanol–water partition coefficient (Wildman–Crippen LogP) is 11.6. The molecule has 0 saturated heterocycles. The Hall–Kier alpha value is -1.66. The molecule has 0 radical (unpaired) electrons. The number of carbonyl (C=O) groups is 2. The molecule has 6 heteroatoms. The maximum Gasteiger partial charge on any atom is 0.305 e. The van der Waals surface area contributed by atoms with Gasteiger partial charge in [-0.1, -0.05) is 141 Å². The lowest BCUT2D eigenvalue weighted by Crippen LogP contribution is -2.50. The Morgan fingerprint density at radius 2 is 0.776 bits per heavy atom. The number of carbonyl (C=O) groups excluding carboxylic acids is 2. The fourth-order valence-electron chi connectivity index (χ4n) is 6.16. The zero-order valence-corrected chi connectivity index (χ0v) is 32.9. The average molecular weight is 693 g/mol. The second-order valence-electron chi connectivity index (χ2n) is 14.6. The summed E-state index contributed by atoms with van der Waals surface area (Å²) < 4.78 is 11.5. The van der Waals surface area contributed by atoms with Crippen molar-refractivity contribution in [2.45, 2.75) is 194 Å². The van der Waals surface area contributed by atoms with Crippen LogP contribution in [0.15, 0.2) is 24.3 Å². The van der Waals surface area contributed by atoms with E-state index >= 15 is 0 Å². The van der Waals surface area contributed by atoms with E-state index < -0.39 is 0 Å². The van der Waals surface area contributed by atoms with Crippen molar-refractivity contribution < 1.29 is 28.7 Å². The minimum absolute atomic E-state index is 0.0439. The quantitative estimate of drug-likeness (QED) is 0.0302. The van der Waals surface area contributed by atoms with Gasteiger partial charge in [-0.3, -0.25) is 9.59 Å².